The molecule has 1 aliphatic rings. The van der Waals surface area contributed by atoms with Gasteiger partial charge in [-0.2, -0.15) is 21.9 Å². The molecule has 1 aliphatic heterocycles. The Balaban J connectivity index is 1.42. The molecule has 1 saturated heterocycles. The Labute approximate surface area is 234 Å². The number of anilines is 3. The van der Waals surface area contributed by atoms with Crippen molar-refractivity contribution in [2.45, 2.75) is 19.8 Å². The molecule has 5 rings (SSSR count). The predicted octanol–water partition coefficient (Wildman–Crippen LogP) is 2.89. The molecule has 0 bridgehead atoms. The topological polar surface area (TPSA) is 143 Å². The minimum absolute atomic E-state index is 0.130. The van der Waals surface area contributed by atoms with Crippen LogP contribution in [-0.4, -0.2) is 84.5 Å². The van der Waals surface area contributed by atoms with E-state index in [1.165, 1.54) is 38.3 Å². The summed E-state index contributed by atoms with van der Waals surface area (Å²) < 4.78 is 50.1. The highest BCUT2D eigenvalue weighted by molar-refractivity contribution is 7.90. The molecule has 0 saturated carbocycles. The predicted molar refractivity (Wildman–Crippen MR) is 156 cm³/mol. The molecule has 4 aromatic rings. The molecular formula is C26H32N8O4S2. The van der Waals surface area contributed by atoms with Crippen molar-refractivity contribution in [2.24, 2.45) is 5.92 Å². The molecule has 0 unspecified atom stereocenters. The highest BCUT2D eigenvalue weighted by Crippen LogP contribution is 2.37. The molecule has 1 N–H and O–H groups in total. The average Bonchev–Trinajstić information content (AvgIpc) is 3.36. The van der Waals surface area contributed by atoms with Crippen LogP contribution in [0.5, 0.6) is 0 Å². The van der Waals surface area contributed by atoms with E-state index in [1.807, 2.05) is 12.3 Å². The maximum Gasteiger partial charge on any atom is 0.322 e. The normalized spacial score (nSPS) is 14.7. The van der Waals surface area contributed by atoms with E-state index in [0.717, 1.165) is 24.9 Å². The maximum atomic E-state index is 12.4. The summed E-state index contributed by atoms with van der Waals surface area (Å²) in [6, 6.07) is 7.91. The van der Waals surface area contributed by atoms with E-state index in [2.05, 4.69) is 56.2 Å². The van der Waals surface area contributed by atoms with Crippen LogP contribution >= 0.6 is 0 Å². The fourth-order valence-electron chi connectivity index (χ4n) is 4.81. The molecule has 12 nitrogen and oxygen atoms in total. The van der Waals surface area contributed by atoms with E-state index in [4.69, 9.17) is 0 Å². The minimum Gasteiger partial charge on any atom is -0.370 e. The van der Waals surface area contributed by atoms with Crippen molar-refractivity contribution in [1.82, 2.24) is 28.4 Å². The molecule has 0 amide bonds. The van der Waals surface area contributed by atoms with Crippen LogP contribution in [0.25, 0.3) is 22.2 Å². The summed E-state index contributed by atoms with van der Waals surface area (Å²) in [5, 5.41) is 9.26. The van der Waals surface area contributed by atoms with Gasteiger partial charge in [0.25, 0.3) is 0 Å². The van der Waals surface area contributed by atoms with Gasteiger partial charge in [-0.1, -0.05) is 19.9 Å². The Bertz CT molecular complexity index is 1780. The number of rotatable bonds is 9. The van der Waals surface area contributed by atoms with Gasteiger partial charge in [0.05, 0.1) is 23.7 Å². The van der Waals surface area contributed by atoms with Crippen molar-refractivity contribution in [2.75, 3.05) is 49.4 Å². The number of hydrogen-bond donors (Lipinski definition) is 1. The fraction of sp³-hybridized carbons (Fsp3) is 0.385. The van der Waals surface area contributed by atoms with Gasteiger partial charge < -0.3 is 10.2 Å². The zero-order valence-electron chi connectivity index (χ0n) is 23.0. The zero-order chi connectivity index (χ0) is 28.8. The van der Waals surface area contributed by atoms with Crippen LogP contribution in [-0.2, 0) is 20.0 Å². The summed E-state index contributed by atoms with van der Waals surface area (Å²) in [5.41, 5.74) is 2.67. The average molecular weight is 585 g/mol. The van der Waals surface area contributed by atoms with E-state index < -0.39 is 20.0 Å². The smallest absolute Gasteiger partial charge is 0.322 e. The first-order valence-corrected chi connectivity index (χ1v) is 16.2. The number of hydrogen-bond acceptors (Lipinski definition) is 10. The van der Waals surface area contributed by atoms with Gasteiger partial charge in [0.2, 0.25) is 0 Å². The summed E-state index contributed by atoms with van der Waals surface area (Å²) in [7, 11) is -3.89. The molecule has 0 aliphatic carbocycles. The molecule has 0 atom stereocenters. The van der Waals surface area contributed by atoms with E-state index in [1.54, 1.807) is 12.3 Å². The summed E-state index contributed by atoms with van der Waals surface area (Å²) in [5.74, 6) is 2.02. The minimum atomic E-state index is -3.75. The number of benzene rings is 1. The first kappa shape index (κ1) is 27.9. The molecule has 212 valence electrons. The van der Waals surface area contributed by atoms with Crippen molar-refractivity contribution >= 4 is 48.1 Å². The lowest BCUT2D eigenvalue weighted by Crippen LogP contribution is -2.49. The second kappa shape index (κ2) is 10.4. The van der Waals surface area contributed by atoms with Gasteiger partial charge in [0.15, 0.2) is 5.82 Å². The van der Waals surface area contributed by atoms with Crippen LogP contribution in [0.2, 0.25) is 0 Å². The highest BCUT2D eigenvalue weighted by atomic mass is 32.2. The molecule has 1 aromatic carbocycles. The number of nitrogens with zero attached hydrogens (tertiary/aromatic N) is 7. The second-order valence-electron chi connectivity index (χ2n) is 10.6. The Morgan fingerprint density at radius 1 is 1.02 bits per heavy atom. The summed E-state index contributed by atoms with van der Waals surface area (Å²) >= 11 is 0. The Kier molecular flexibility index (Phi) is 7.27. The summed E-state index contributed by atoms with van der Waals surface area (Å²) in [6.45, 7) is 5.67. The van der Waals surface area contributed by atoms with E-state index in [9.17, 15) is 16.8 Å². The second-order valence-corrected chi connectivity index (χ2v) is 14.8. The monoisotopic (exact) mass is 584 g/mol. The van der Waals surface area contributed by atoms with Crippen molar-refractivity contribution in [1.29, 1.82) is 0 Å². The van der Waals surface area contributed by atoms with Crippen LogP contribution in [0.1, 0.15) is 25.3 Å². The molecule has 0 radical (unpaired) electrons. The third-order valence-electron chi connectivity index (χ3n) is 6.80. The van der Waals surface area contributed by atoms with Crippen molar-refractivity contribution < 1.29 is 16.8 Å². The third-order valence-corrected chi connectivity index (χ3v) is 9.47. The Hall–Kier alpha value is -3.62. The van der Waals surface area contributed by atoms with Gasteiger partial charge in [0, 0.05) is 62.8 Å². The zero-order valence-corrected chi connectivity index (χ0v) is 24.6. The number of aromatic nitrogens is 5. The summed E-state index contributed by atoms with van der Waals surface area (Å²) in [6.07, 6.45) is 7.47. The van der Waals surface area contributed by atoms with Gasteiger partial charge in [0.1, 0.15) is 21.5 Å². The van der Waals surface area contributed by atoms with Gasteiger partial charge in [-0.05, 0) is 35.1 Å². The van der Waals surface area contributed by atoms with Crippen molar-refractivity contribution in [3.63, 3.8) is 0 Å². The Morgan fingerprint density at radius 2 is 1.77 bits per heavy atom. The number of sulfone groups is 1. The third kappa shape index (κ3) is 5.64. The number of pyridine rings is 1. The highest BCUT2D eigenvalue weighted by Gasteiger charge is 2.31. The van der Waals surface area contributed by atoms with Gasteiger partial charge in [-0.3, -0.25) is 0 Å². The van der Waals surface area contributed by atoms with Crippen LogP contribution in [0.3, 0.4) is 0 Å². The SMILES string of the molecule is CC(C)c1ccc(N2CC(CS(C)(=O)=O)C2)c2cnc(Nc3ccnc(-c4cnn(S(=O)(=O)N(C)C)c4)n3)cc12. The molecule has 14 heteroatoms. The van der Waals surface area contributed by atoms with Crippen LogP contribution in [0.15, 0.2) is 49.1 Å². The molecule has 4 heterocycles. The standard InChI is InChI=1S/C26H32N8O4S2/c1-17(2)20-6-7-23(33-13-18(14-33)16-39(5,35)36)22-12-28-25(10-21(20)22)30-24-8-9-27-26(31-24)19-11-29-34(15-19)40(37,38)32(3)4/h6-12,15,17-18H,13-14,16H2,1-5H3,(H,27,28,30,31). The molecular weight excluding hydrogens is 552 g/mol. The van der Waals surface area contributed by atoms with Gasteiger partial charge >= 0.3 is 10.2 Å². The lowest BCUT2D eigenvalue weighted by atomic mass is 9.93. The first-order valence-electron chi connectivity index (χ1n) is 12.8. The number of fused-ring (bicyclic) bond motifs is 1. The molecule has 40 heavy (non-hydrogen) atoms. The fourth-order valence-corrected chi connectivity index (χ4v) is 6.62. The van der Waals surface area contributed by atoms with Crippen molar-refractivity contribution in [3.05, 3.63) is 54.6 Å². The van der Waals surface area contributed by atoms with Crippen LogP contribution in [0, 0.1) is 5.92 Å². The quantitative estimate of drug-likeness (QED) is 0.312. The van der Waals surface area contributed by atoms with E-state index in [0.29, 0.717) is 36.1 Å². The van der Waals surface area contributed by atoms with Crippen LogP contribution < -0.4 is 10.2 Å². The van der Waals surface area contributed by atoms with Crippen LogP contribution in [0.4, 0.5) is 17.3 Å². The van der Waals surface area contributed by atoms with Gasteiger partial charge in [-0.25, -0.2) is 23.4 Å². The van der Waals surface area contributed by atoms with E-state index >= 15 is 0 Å². The largest absolute Gasteiger partial charge is 0.370 e. The lowest BCUT2D eigenvalue weighted by molar-refractivity contribution is 0.445. The lowest BCUT2D eigenvalue weighted by Gasteiger charge is -2.41. The maximum absolute atomic E-state index is 12.4. The van der Waals surface area contributed by atoms with Gasteiger partial charge in [-0.15, -0.1) is 0 Å². The molecule has 1 fully saturated rings. The first-order chi connectivity index (χ1) is 18.8. The Morgan fingerprint density at radius 3 is 2.45 bits per heavy atom. The molecule has 3 aromatic heterocycles. The summed E-state index contributed by atoms with van der Waals surface area (Å²) in [4.78, 5) is 15.7. The van der Waals surface area contributed by atoms with Crippen molar-refractivity contribution in [3.8, 4) is 11.4 Å². The van der Waals surface area contributed by atoms with E-state index in [-0.39, 0.29) is 17.6 Å². The number of nitrogens with one attached hydrogen (secondary N) is 1. The molecule has 0 spiro atoms.